The van der Waals surface area contributed by atoms with Gasteiger partial charge >= 0.3 is 0 Å². The molecule has 0 saturated carbocycles. The predicted octanol–water partition coefficient (Wildman–Crippen LogP) is 0.333. The molecule has 5 heteroatoms. The molecule has 0 bridgehead atoms. The second kappa shape index (κ2) is 2.69. The molecule has 1 fully saturated rings. The number of rotatable bonds is 1. The molecule has 0 spiro atoms. The molecule has 1 aliphatic heterocycles. The normalized spacial score (nSPS) is 29.4. The molecule has 12 heavy (non-hydrogen) atoms. The highest BCUT2D eigenvalue weighted by atomic mass is 32.1. The second-order valence-electron chi connectivity index (χ2n) is 2.90. The summed E-state index contributed by atoms with van der Waals surface area (Å²) in [5.74, 6) is 0. The minimum absolute atomic E-state index is 0.356. The molecule has 1 aromatic rings. The summed E-state index contributed by atoms with van der Waals surface area (Å²) in [6, 6.07) is 0. The third-order valence-electron chi connectivity index (χ3n) is 1.98. The SMILES string of the molecule is Nc1ncc(C2(O)CCOC2)s1. The van der Waals surface area contributed by atoms with Gasteiger partial charge in [-0.05, 0) is 0 Å². The molecule has 0 aliphatic carbocycles. The number of ether oxygens (including phenoxy) is 1. The van der Waals surface area contributed by atoms with Gasteiger partial charge in [-0.15, -0.1) is 0 Å². The monoisotopic (exact) mass is 186 g/mol. The van der Waals surface area contributed by atoms with E-state index in [0.717, 1.165) is 4.88 Å². The fourth-order valence-corrected chi connectivity index (χ4v) is 2.04. The van der Waals surface area contributed by atoms with Crippen molar-refractivity contribution in [2.24, 2.45) is 0 Å². The van der Waals surface area contributed by atoms with Crippen LogP contribution in [0.1, 0.15) is 11.3 Å². The first-order valence-corrected chi connectivity index (χ1v) is 4.54. The van der Waals surface area contributed by atoms with Crippen molar-refractivity contribution >= 4 is 16.5 Å². The van der Waals surface area contributed by atoms with E-state index in [1.54, 1.807) is 6.20 Å². The van der Waals surface area contributed by atoms with Gasteiger partial charge in [-0.2, -0.15) is 0 Å². The van der Waals surface area contributed by atoms with Crippen LogP contribution in [0, 0.1) is 0 Å². The molecule has 0 amide bonds. The Morgan fingerprint density at radius 1 is 1.75 bits per heavy atom. The maximum atomic E-state index is 9.97. The fourth-order valence-electron chi connectivity index (χ4n) is 1.25. The summed E-state index contributed by atoms with van der Waals surface area (Å²) in [6.07, 6.45) is 2.25. The van der Waals surface area contributed by atoms with Crippen molar-refractivity contribution in [3.05, 3.63) is 11.1 Å². The van der Waals surface area contributed by atoms with E-state index in [-0.39, 0.29) is 0 Å². The molecule has 0 aromatic carbocycles. The zero-order valence-corrected chi connectivity index (χ0v) is 7.30. The largest absolute Gasteiger partial charge is 0.382 e. The van der Waals surface area contributed by atoms with Gasteiger partial charge in [-0.1, -0.05) is 11.3 Å². The van der Waals surface area contributed by atoms with Gasteiger partial charge < -0.3 is 15.6 Å². The molecule has 1 aromatic heterocycles. The van der Waals surface area contributed by atoms with Crippen LogP contribution in [0.15, 0.2) is 6.20 Å². The van der Waals surface area contributed by atoms with E-state index in [4.69, 9.17) is 10.5 Å². The number of thiazole rings is 1. The molecule has 4 nitrogen and oxygen atoms in total. The summed E-state index contributed by atoms with van der Waals surface area (Å²) >= 11 is 1.32. The summed E-state index contributed by atoms with van der Waals surface area (Å²) in [6.45, 7) is 0.961. The highest BCUT2D eigenvalue weighted by Crippen LogP contribution is 2.34. The lowest BCUT2D eigenvalue weighted by atomic mass is 10.0. The zero-order chi connectivity index (χ0) is 8.60. The molecule has 1 aliphatic rings. The highest BCUT2D eigenvalue weighted by Gasteiger charge is 2.35. The van der Waals surface area contributed by atoms with E-state index in [2.05, 4.69) is 4.98 Å². The summed E-state index contributed by atoms with van der Waals surface area (Å²) in [7, 11) is 0. The molecule has 1 saturated heterocycles. The molecular formula is C7H10N2O2S. The number of nitrogens with zero attached hydrogens (tertiary/aromatic N) is 1. The lowest BCUT2D eigenvalue weighted by molar-refractivity contribution is 0.0262. The van der Waals surface area contributed by atoms with Gasteiger partial charge in [0.25, 0.3) is 0 Å². The van der Waals surface area contributed by atoms with Gasteiger partial charge in [-0.25, -0.2) is 4.98 Å². The van der Waals surface area contributed by atoms with E-state index in [9.17, 15) is 5.11 Å². The first kappa shape index (κ1) is 7.97. The van der Waals surface area contributed by atoms with E-state index in [1.807, 2.05) is 0 Å². The third kappa shape index (κ3) is 1.20. The van der Waals surface area contributed by atoms with Gasteiger partial charge in [-0.3, -0.25) is 0 Å². The van der Waals surface area contributed by atoms with Crippen LogP contribution in [0.5, 0.6) is 0 Å². The number of hydrogen-bond acceptors (Lipinski definition) is 5. The van der Waals surface area contributed by atoms with Crippen molar-refractivity contribution < 1.29 is 9.84 Å². The zero-order valence-electron chi connectivity index (χ0n) is 6.49. The quantitative estimate of drug-likeness (QED) is 0.663. The third-order valence-corrected chi connectivity index (χ3v) is 3.00. The summed E-state index contributed by atoms with van der Waals surface area (Å²) in [5, 5.41) is 10.5. The number of aromatic nitrogens is 1. The Labute approximate surface area is 74.0 Å². The first-order chi connectivity index (χ1) is 5.71. The van der Waals surface area contributed by atoms with Crippen LogP contribution < -0.4 is 5.73 Å². The van der Waals surface area contributed by atoms with E-state index in [0.29, 0.717) is 24.8 Å². The molecule has 66 valence electrons. The topological polar surface area (TPSA) is 68.4 Å². The van der Waals surface area contributed by atoms with E-state index < -0.39 is 5.60 Å². The van der Waals surface area contributed by atoms with E-state index in [1.165, 1.54) is 11.3 Å². The number of nitrogen functional groups attached to an aromatic ring is 1. The van der Waals surface area contributed by atoms with Crippen LogP contribution in [0.2, 0.25) is 0 Å². The minimum atomic E-state index is -0.838. The molecule has 0 radical (unpaired) electrons. The fraction of sp³-hybridized carbons (Fsp3) is 0.571. The van der Waals surface area contributed by atoms with Gasteiger partial charge in [0, 0.05) is 19.2 Å². The van der Waals surface area contributed by atoms with Crippen molar-refractivity contribution in [1.82, 2.24) is 4.98 Å². The van der Waals surface area contributed by atoms with E-state index >= 15 is 0 Å². The van der Waals surface area contributed by atoms with Gasteiger partial charge in [0.15, 0.2) is 5.13 Å². The second-order valence-corrected chi connectivity index (χ2v) is 3.96. The lowest BCUT2D eigenvalue weighted by Crippen LogP contribution is -2.23. The van der Waals surface area contributed by atoms with Crippen LogP contribution >= 0.6 is 11.3 Å². The average Bonchev–Trinajstić information content (AvgIpc) is 2.59. The van der Waals surface area contributed by atoms with Crippen LogP contribution in [0.3, 0.4) is 0 Å². The van der Waals surface area contributed by atoms with Crippen molar-refractivity contribution in [2.45, 2.75) is 12.0 Å². The number of anilines is 1. The number of nitrogens with two attached hydrogens (primary N) is 1. The summed E-state index contributed by atoms with van der Waals surface area (Å²) in [4.78, 5) is 4.69. The Balaban J connectivity index is 2.28. The summed E-state index contributed by atoms with van der Waals surface area (Å²) in [5.41, 5.74) is 4.62. The smallest absolute Gasteiger partial charge is 0.180 e. The van der Waals surface area contributed by atoms with Crippen molar-refractivity contribution in [2.75, 3.05) is 18.9 Å². The first-order valence-electron chi connectivity index (χ1n) is 3.73. The van der Waals surface area contributed by atoms with Crippen LogP contribution in [-0.2, 0) is 10.3 Å². The maximum Gasteiger partial charge on any atom is 0.180 e. The Morgan fingerprint density at radius 3 is 3.08 bits per heavy atom. The molecule has 1 atom stereocenters. The van der Waals surface area contributed by atoms with Crippen molar-refractivity contribution in [3.8, 4) is 0 Å². The van der Waals surface area contributed by atoms with Crippen LogP contribution in [0.25, 0.3) is 0 Å². The van der Waals surface area contributed by atoms with Gasteiger partial charge in [0.2, 0.25) is 0 Å². The Morgan fingerprint density at radius 2 is 2.58 bits per heavy atom. The molecule has 2 rings (SSSR count). The molecule has 3 N–H and O–H groups in total. The number of aliphatic hydroxyl groups is 1. The Bertz CT molecular complexity index is 281. The predicted molar refractivity (Wildman–Crippen MR) is 45.9 cm³/mol. The van der Waals surface area contributed by atoms with Gasteiger partial charge in [0.1, 0.15) is 5.60 Å². The standard InChI is InChI=1S/C7H10N2O2S/c8-6-9-3-5(12-6)7(10)1-2-11-4-7/h3,10H,1-2,4H2,(H2,8,9). The Hall–Kier alpha value is -0.650. The average molecular weight is 186 g/mol. The maximum absolute atomic E-state index is 9.97. The van der Waals surface area contributed by atoms with Crippen molar-refractivity contribution in [3.63, 3.8) is 0 Å². The minimum Gasteiger partial charge on any atom is -0.382 e. The van der Waals surface area contributed by atoms with Crippen LogP contribution in [0.4, 0.5) is 5.13 Å². The summed E-state index contributed by atoms with van der Waals surface area (Å²) < 4.78 is 5.11. The lowest BCUT2D eigenvalue weighted by Gasteiger charge is -2.16. The Kier molecular flexibility index (Phi) is 1.79. The van der Waals surface area contributed by atoms with Crippen LogP contribution in [-0.4, -0.2) is 23.3 Å². The molecule has 2 heterocycles. The molecular weight excluding hydrogens is 176 g/mol. The number of hydrogen-bond donors (Lipinski definition) is 2. The highest BCUT2D eigenvalue weighted by molar-refractivity contribution is 7.15. The van der Waals surface area contributed by atoms with Crippen molar-refractivity contribution in [1.29, 1.82) is 0 Å². The molecule has 1 unspecified atom stereocenters. The van der Waals surface area contributed by atoms with Gasteiger partial charge in [0.05, 0.1) is 11.5 Å².